The van der Waals surface area contributed by atoms with Crippen LogP contribution in [-0.4, -0.2) is 27.8 Å². The fourth-order valence-corrected chi connectivity index (χ4v) is 3.28. The summed E-state index contributed by atoms with van der Waals surface area (Å²) in [5, 5.41) is 7.96. The summed E-state index contributed by atoms with van der Waals surface area (Å²) in [6.45, 7) is 4.05. The van der Waals surface area contributed by atoms with Crippen LogP contribution in [0.4, 0.5) is 11.5 Å². The SMILES string of the molecule is COC(=O)c1ccc(Nc2cc(-c3cc(C)nn3-c3cccc(C)c3)ccn2)cc1. The van der Waals surface area contributed by atoms with Crippen LogP contribution in [0.15, 0.2) is 72.9 Å². The lowest BCUT2D eigenvalue weighted by atomic mass is 10.1. The van der Waals surface area contributed by atoms with Crippen molar-refractivity contribution in [3.63, 3.8) is 0 Å². The Morgan fingerprint density at radius 2 is 1.80 bits per heavy atom. The number of aryl methyl sites for hydroxylation is 2. The van der Waals surface area contributed by atoms with E-state index in [9.17, 15) is 4.79 Å². The summed E-state index contributed by atoms with van der Waals surface area (Å²) in [7, 11) is 1.37. The fraction of sp³-hybridized carbons (Fsp3) is 0.125. The molecular weight excluding hydrogens is 376 g/mol. The minimum atomic E-state index is -0.360. The highest BCUT2D eigenvalue weighted by molar-refractivity contribution is 5.89. The molecule has 0 bridgehead atoms. The Hall–Kier alpha value is -3.93. The molecule has 0 amide bonds. The number of benzene rings is 2. The number of rotatable bonds is 5. The van der Waals surface area contributed by atoms with Gasteiger partial charge in [0.2, 0.25) is 0 Å². The molecule has 2 heterocycles. The van der Waals surface area contributed by atoms with Crippen LogP contribution in [0.2, 0.25) is 0 Å². The number of hydrogen-bond donors (Lipinski definition) is 1. The van der Waals surface area contributed by atoms with Gasteiger partial charge in [0.1, 0.15) is 5.82 Å². The van der Waals surface area contributed by atoms with Crippen molar-refractivity contribution in [3.05, 3.63) is 89.7 Å². The van der Waals surface area contributed by atoms with Crippen LogP contribution in [-0.2, 0) is 4.74 Å². The molecule has 2 aromatic heterocycles. The number of hydrogen-bond acceptors (Lipinski definition) is 5. The van der Waals surface area contributed by atoms with E-state index in [1.165, 1.54) is 12.7 Å². The lowest BCUT2D eigenvalue weighted by molar-refractivity contribution is 0.0601. The molecule has 0 radical (unpaired) electrons. The van der Waals surface area contributed by atoms with Gasteiger partial charge in [-0.15, -0.1) is 0 Å². The Kier molecular flexibility index (Phi) is 5.30. The van der Waals surface area contributed by atoms with E-state index in [1.807, 2.05) is 48.0 Å². The number of methoxy groups -OCH3 is 1. The van der Waals surface area contributed by atoms with Crippen LogP contribution >= 0.6 is 0 Å². The molecule has 2 aromatic carbocycles. The maximum Gasteiger partial charge on any atom is 0.337 e. The van der Waals surface area contributed by atoms with Crippen LogP contribution < -0.4 is 5.32 Å². The average Bonchev–Trinajstić information content (AvgIpc) is 3.16. The molecule has 1 N–H and O–H groups in total. The van der Waals surface area contributed by atoms with E-state index in [0.29, 0.717) is 11.4 Å². The summed E-state index contributed by atoms with van der Waals surface area (Å²) in [5.74, 6) is 0.342. The van der Waals surface area contributed by atoms with Crippen molar-refractivity contribution >= 4 is 17.5 Å². The first-order chi connectivity index (χ1) is 14.5. The molecule has 6 heteroatoms. The summed E-state index contributed by atoms with van der Waals surface area (Å²) < 4.78 is 6.69. The fourth-order valence-electron chi connectivity index (χ4n) is 3.28. The third kappa shape index (κ3) is 4.07. The Bertz CT molecular complexity index is 1200. The Morgan fingerprint density at radius 3 is 2.53 bits per heavy atom. The number of esters is 1. The number of nitrogens with zero attached hydrogens (tertiary/aromatic N) is 3. The molecule has 30 heavy (non-hydrogen) atoms. The molecule has 0 unspecified atom stereocenters. The second-order valence-corrected chi connectivity index (χ2v) is 7.05. The second-order valence-electron chi connectivity index (χ2n) is 7.05. The summed E-state index contributed by atoms with van der Waals surface area (Å²) in [6.07, 6.45) is 1.77. The number of carbonyl (C=O) groups is 1. The van der Waals surface area contributed by atoms with E-state index in [1.54, 1.807) is 18.3 Å². The molecule has 4 rings (SSSR count). The van der Waals surface area contributed by atoms with Crippen LogP contribution in [0.25, 0.3) is 16.9 Å². The number of aromatic nitrogens is 3. The van der Waals surface area contributed by atoms with E-state index in [-0.39, 0.29) is 5.97 Å². The lowest BCUT2D eigenvalue weighted by Crippen LogP contribution is -2.02. The van der Waals surface area contributed by atoms with Crippen molar-refractivity contribution in [1.29, 1.82) is 0 Å². The average molecular weight is 398 g/mol. The predicted octanol–water partition coefficient (Wildman–Crippen LogP) is 5.08. The quantitative estimate of drug-likeness (QED) is 0.475. The monoisotopic (exact) mass is 398 g/mol. The Labute approximate surface area is 175 Å². The molecule has 0 aliphatic heterocycles. The molecular formula is C24H22N4O2. The van der Waals surface area contributed by atoms with Gasteiger partial charge in [-0.1, -0.05) is 12.1 Å². The van der Waals surface area contributed by atoms with E-state index in [4.69, 9.17) is 4.74 Å². The highest BCUT2D eigenvalue weighted by Gasteiger charge is 2.11. The third-order valence-electron chi connectivity index (χ3n) is 4.71. The minimum absolute atomic E-state index is 0.360. The van der Waals surface area contributed by atoms with E-state index in [2.05, 4.69) is 40.5 Å². The smallest absolute Gasteiger partial charge is 0.337 e. The summed E-state index contributed by atoms with van der Waals surface area (Å²) in [5.41, 5.74) is 6.46. The zero-order valence-corrected chi connectivity index (χ0v) is 17.1. The molecule has 6 nitrogen and oxygen atoms in total. The Morgan fingerprint density at radius 1 is 1.00 bits per heavy atom. The van der Waals surface area contributed by atoms with Gasteiger partial charge in [-0.2, -0.15) is 5.10 Å². The van der Waals surface area contributed by atoms with Crippen LogP contribution in [0, 0.1) is 13.8 Å². The lowest BCUT2D eigenvalue weighted by Gasteiger charge is -2.11. The molecule has 4 aromatic rings. The minimum Gasteiger partial charge on any atom is -0.465 e. The predicted molar refractivity (Wildman–Crippen MR) is 117 cm³/mol. The number of nitrogens with one attached hydrogen (secondary N) is 1. The summed E-state index contributed by atoms with van der Waals surface area (Å²) >= 11 is 0. The van der Waals surface area contributed by atoms with Crippen LogP contribution in [0.5, 0.6) is 0 Å². The highest BCUT2D eigenvalue weighted by atomic mass is 16.5. The van der Waals surface area contributed by atoms with Crippen molar-refractivity contribution in [1.82, 2.24) is 14.8 Å². The van der Waals surface area contributed by atoms with Crippen molar-refractivity contribution in [2.45, 2.75) is 13.8 Å². The first-order valence-electron chi connectivity index (χ1n) is 9.59. The second kappa shape index (κ2) is 8.21. The molecule has 0 aliphatic rings. The molecule has 0 saturated carbocycles. The van der Waals surface area contributed by atoms with Gasteiger partial charge in [-0.3, -0.25) is 0 Å². The number of ether oxygens (including phenoxy) is 1. The van der Waals surface area contributed by atoms with Gasteiger partial charge in [0.05, 0.1) is 29.7 Å². The van der Waals surface area contributed by atoms with Gasteiger partial charge >= 0.3 is 5.97 Å². The number of anilines is 2. The largest absolute Gasteiger partial charge is 0.465 e. The molecule has 0 fully saturated rings. The van der Waals surface area contributed by atoms with Gasteiger partial charge in [0.15, 0.2) is 0 Å². The van der Waals surface area contributed by atoms with Gasteiger partial charge in [-0.05, 0) is 74.0 Å². The normalized spacial score (nSPS) is 10.6. The van der Waals surface area contributed by atoms with Crippen LogP contribution in [0.3, 0.4) is 0 Å². The summed E-state index contributed by atoms with van der Waals surface area (Å²) in [6, 6.07) is 21.3. The third-order valence-corrected chi connectivity index (χ3v) is 4.71. The van der Waals surface area contributed by atoms with E-state index < -0.39 is 0 Å². The zero-order chi connectivity index (χ0) is 21.1. The van der Waals surface area contributed by atoms with Crippen molar-refractivity contribution in [3.8, 4) is 16.9 Å². The molecule has 0 aliphatic carbocycles. The maximum absolute atomic E-state index is 11.6. The summed E-state index contributed by atoms with van der Waals surface area (Å²) in [4.78, 5) is 16.0. The highest BCUT2D eigenvalue weighted by Crippen LogP contribution is 2.27. The van der Waals surface area contributed by atoms with Gasteiger partial charge in [0.25, 0.3) is 0 Å². The Balaban J connectivity index is 1.64. The van der Waals surface area contributed by atoms with Crippen molar-refractivity contribution in [2.24, 2.45) is 0 Å². The molecule has 0 atom stereocenters. The molecule has 150 valence electrons. The van der Waals surface area contributed by atoms with E-state index in [0.717, 1.165) is 28.3 Å². The van der Waals surface area contributed by atoms with Crippen molar-refractivity contribution in [2.75, 3.05) is 12.4 Å². The van der Waals surface area contributed by atoms with Crippen molar-refractivity contribution < 1.29 is 9.53 Å². The zero-order valence-electron chi connectivity index (χ0n) is 17.1. The maximum atomic E-state index is 11.6. The number of pyridine rings is 1. The topological polar surface area (TPSA) is 69.0 Å². The van der Waals surface area contributed by atoms with Gasteiger partial charge < -0.3 is 10.1 Å². The number of carbonyl (C=O) groups excluding carboxylic acids is 1. The molecule has 0 saturated heterocycles. The standard InChI is InChI=1S/C24H22N4O2/c1-16-5-4-6-21(13-16)28-22(14-17(2)27-28)19-11-12-25-23(15-19)26-20-9-7-18(8-10-20)24(29)30-3/h4-15H,1-3H3,(H,25,26). The van der Waals surface area contributed by atoms with E-state index >= 15 is 0 Å². The van der Waals surface area contributed by atoms with Crippen LogP contribution in [0.1, 0.15) is 21.6 Å². The first-order valence-corrected chi connectivity index (χ1v) is 9.59. The first kappa shape index (κ1) is 19.4. The van der Waals surface area contributed by atoms with Gasteiger partial charge in [-0.25, -0.2) is 14.5 Å². The van der Waals surface area contributed by atoms with Gasteiger partial charge in [0, 0.05) is 17.4 Å². The molecule has 0 spiro atoms.